The molecule has 5 rings (SSSR count). The Morgan fingerprint density at radius 3 is 2.07 bits per heavy atom. The third-order valence-corrected chi connectivity index (χ3v) is 9.08. The number of hydrogen-bond acceptors (Lipinski definition) is 5. The third-order valence-electron chi connectivity index (χ3n) is 9.08. The molecule has 9 nitrogen and oxygen atoms in total. The summed E-state index contributed by atoms with van der Waals surface area (Å²) in [5, 5.41) is 8.81. The molecule has 2 aromatic carbocycles. The second kappa shape index (κ2) is 12.8. The number of amides is 4. The highest BCUT2D eigenvalue weighted by Crippen LogP contribution is 2.59. The number of rotatable bonds is 7. The molecule has 1 aliphatic heterocycles. The van der Waals surface area contributed by atoms with Gasteiger partial charge in [0.25, 0.3) is 5.91 Å². The second-order valence-corrected chi connectivity index (χ2v) is 13.4. The van der Waals surface area contributed by atoms with Gasteiger partial charge in [0.2, 0.25) is 11.8 Å². The number of nitrogens with one attached hydrogen (secondary N) is 3. The van der Waals surface area contributed by atoms with Gasteiger partial charge in [-0.2, -0.15) is 0 Å². The van der Waals surface area contributed by atoms with Crippen molar-refractivity contribution in [2.24, 2.45) is 17.3 Å². The maximum atomic E-state index is 13.7. The molecule has 1 saturated heterocycles. The Labute approximate surface area is 254 Å². The van der Waals surface area contributed by atoms with Crippen LogP contribution < -0.4 is 16.0 Å². The van der Waals surface area contributed by atoms with Gasteiger partial charge in [0.1, 0.15) is 11.6 Å². The molecule has 2 aliphatic carbocycles. The van der Waals surface area contributed by atoms with Crippen molar-refractivity contribution in [3.05, 3.63) is 60.2 Å². The Hall–Kier alpha value is -3.88. The van der Waals surface area contributed by atoms with Crippen LogP contribution in [0.3, 0.4) is 0 Å². The first kappa shape index (κ1) is 30.6. The van der Waals surface area contributed by atoms with Gasteiger partial charge >= 0.3 is 6.09 Å². The van der Waals surface area contributed by atoms with Crippen LogP contribution in [0.5, 0.6) is 0 Å². The molecule has 0 radical (unpaired) electrons. The van der Waals surface area contributed by atoms with Gasteiger partial charge in [-0.05, 0) is 101 Å². The molecule has 1 spiro atoms. The summed E-state index contributed by atoms with van der Waals surface area (Å²) >= 11 is 0. The lowest BCUT2D eigenvalue weighted by molar-refractivity contribution is -0.137. The molecule has 1 heterocycles. The van der Waals surface area contributed by atoms with Gasteiger partial charge in [0.15, 0.2) is 0 Å². The van der Waals surface area contributed by atoms with Crippen molar-refractivity contribution in [3.63, 3.8) is 0 Å². The summed E-state index contributed by atoms with van der Waals surface area (Å²) in [6.07, 6.45) is 6.94. The molecular weight excluding hydrogens is 544 g/mol. The maximum Gasteiger partial charge on any atom is 0.408 e. The van der Waals surface area contributed by atoms with Crippen LogP contribution in [0, 0.1) is 17.3 Å². The quantitative estimate of drug-likeness (QED) is 0.368. The highest BCUT2D eigenvalue weighted by molar-refractivity contribution is 6.04. The first-order valence-electron chi connectivity index (χ1n) is 15.6. The molecule has 2 saturated carbocycles. The Bertz CT molecular complexity index is 1310. The number of likely N-dealkylation sites (tertiary alicyclic amines) is 1. The molecule has 4 amide bonds. The summed E-state index contributed by atoms with van der Waals surface area (Å²) in [4.78, 5) is 53.8. The van der Waals surface area contributed by atoms with Gasteiger partial charge < -0.3 is 25.6 Å². The summed E-state index contributed by atoms with van der Waals surface area (Å²) < 4.78 is 5.49. The van der Waals surface area contributed by atoms with E-state index in [0.29, 0.717) is 30.0 Å². The fraction of sp³-hybridized carbons (Fsp3) is 0.529. The Morgan fingerprint density at radius 2 is 1.47 bits per heavy atom. The molecule has 43 heavy (non-hydrogen) atoms. The van der Waals surface area contributed by atoms with Crippen LogP contribution >= 0.6 is 0 Å². The number of hydrogen-bond donors (Lipinski definition) is 3. The van der Waals surface area contributed by atoms with Crippen molar-refractivity contribution < 1.29 is 23.9 Å². The minimum Gasteiger partial charge on any atom is -0.444 e. The van der Waals surface area contributed by atoms with Gasteiger partial charge in [-0.15, -0.1) is 0 Å². The normalized spacial score (nSPS) is 20.5. The number of benzene rings is 2. The molecule has 0 aromatic heterocycles. The highest BCUT2D eigenvalue weighted by Gasteiger charge is 2.59. The number of carbonyl (C=O) groups excluding carboxylic acids is 4. The molecular formula is C34H44N4O5. The fourth-order valence-corrected chi connectivity index (χ4v) is 6.58. The highest BCUT2D eigenvalue weighted by atomic mass is 16.6. The zero-order valence-corrected chi connectivity index (χ0v) is 25.5. The maximum absolute atomic E-state index is 13.7. The van der Waals surface area contributed by atoms with Crippen LogP contribution in [0.2, 0.25) is 0 Å². The largest absolute Gasteiger partial charge is 0.444 e. The van der Waals surface area contributed by atoms with E-state index in [0.717, 1.165) is 51.4 Å². The van der Waals surface area contributed by atoms with Gasteiger partial charge in [0, 0.05) is 35.9 Å². The van der Waals surface area contributed by atoms with Crippen LogP contribution in [0.4, 0.5) is 16.2 Å². The molecule has 3 aliphatic rings. The molecule has 2 aromatic rings. The molecule has 3 fully saturated rings. The van der Waals surface area contributed by atoms with Crippen LogP contribution in [0.25, 0.3) is 0 Å². The van der Waals surface area contributed by atoms with E-state index in [1.807, 2.05) is 43.9 Å². The van der Waals surface area contributed by atoms with Crippen molar-refractivity contribution in [2.45, 2.75) is 83.8 Å². The first-order chi connectivity index (χ1) is 20.5. The summed E-state index contributed by atoms with van der Waals surface area (Å²) in [6.45, 7) is 6.61. The lowest BCUT2D eigenvalue weighted by atomic mass is 9.82. The molecule has 1 unspecified atom stereocenters. The number of ether oxygens (including phenoxy) is 1. The van der Waals surface area contributed by atoms with E-state index < -0.39 is 17.7 Å². The average molecular weight is 589 g/mol. The standard InChI is InChI=1S/C34H44N4O5/c1-33(2,3)43-32(42)37-28(23-10-6-4-7-11-23)31(41)38-20-18-34(19-21-38)22-27(34)30(40)36-26-16-14-25(15-17-26)35-29(39)24-12-8-5-9-13-24/h5,8-9,12-17,23,27-28H,4,6-7,10-11,18-22H2,1-3H3,(H,35,39)(H,36,40)(H,37,42)/t27?,28-/m0/s1. The van der Waals surface area contributed by atoms with E-state index in [4.69, 9.17) is 4.74 Å². The zero-order valence-electron chi connectivity index (χ0n) is 25.5. The predicted molar refractivity (Wildman–Crippen MR) is 166 cm³/mol. The Kier molecular flexibility index (Phi) is 9.08. The number of carbonyl (C=O) groups is 4. The Balaban J connectivity index is 1.12. The molecule has 9 heteroatoms. The van der Waals surface area contributed by atoms with Crippen LogP contribution in [0.1, 0.15) is 82.5 Å². The topological polar surface area (TPSA) is 117 Å². The van der Waals surface area contributed by atoms with Crippen molar-refractivity contribution in [1.29, 1.82) is 0 Å². The number of anilines is 2. The summed E-state index contributed by atoms with van der Waals surface area (Å²) in [5.41, 5.74) is 1.20. The van der Waals surface area contributed by atoms with Crippen molar-refractivity contribution >= 4 is 35.2 Å². The minimum atomic E-state index is -0.635. The summed E-state index contributed by atoms with van der Waals surface area (Å²) in [7, 11) is 0. The van der Waals surface area contributed by atoms with Crippen molar-refractivity contribution in [2.75, 3.05) is 23.7 Å². The lowest BCUT2D eigenvalue weighted by Crippen LogP contribution is -2.55. The molecule has 2 atom stereocenters. The lowest BCUT2D eigenvalue weighted by Gasteiger charge is -2.38. The van der Waals surface area contributed by atoms with Crippen LogP contribution in [-0.2, 0) is 14.3 Å². The van der Waals surface area contributed by atoms with E-state index in [2.05, 4.69) is 16.0 Å². The van der Waals surface area contributed by atoms with E-state index in [-0.39, 0.29) is 35.0 Å². The second-order valence-electron chi connectivity index (χ2n) is 13.4. The van der Waals surface area contributed by atoms with E-state index >= 15 is 0 Å². The van der Waals surface area contributed by atoms with Crippen LogP contribution in [-0.4, -0.2) is 53.4 Å². The average Bonchev–Trinajstić information content (AvgIpc) is 3.70. The van der Waals surface area contributed by atoms with Gasteiger partial charge in [-0.25, -0.2) is 4.79 Å². The minimum absolute atomic E-state index is 0.00692. The third kappa shape index (κ3) is 7.75. The first-order valence-corrected chi connectivity index (χ1v) is 15.6. The fourth-order valence-electron chi connectivity index (χ4n) is 6.58. The molecule has 3 N–H and O–H groups in total. The van der Waals surface area contributed by atoms with Gasteiger partial charge in [0.05, 0.1) is 0 Å². The SMILES string of the molecule is CC(C)(C)OC(=O)N[C@H](C(=O)N1CCC2(CC1)CC2C(=O)Nc1ccc(NC(=O)c2ccccc2)cc1)C1CCCCC1. The van der Waals surface area contributed by atoms with Crippen molar-refractivity contribution in [3.8, 4) is 0 Å². The molecule has 230 valence electrons. The van der Waals surface area contributed by atoms with Crippen molar-refractivity contribution in [1.82, 2.24) is 10.2 Å². The molecule has 0 bridgehead atoms. The number of alkyl carbamates (subject to hydrolysis) is 1. The smallest absolute Gasteiger partial charge is 0.408 e. The van der Waals surface area contributed by atoms with E-state index in [9.17, 15) is 19.2 Å². The monoisotopic (exact) mass is 588 g/mol. The summed E-state index contributed by atoms with van der Waals surface area (Å²) in [6, 6.07) is 15.6. The number of nitrogens with zero attached hydrogens (tertiary/aromatic N) is 1. The number of piperidine rings is 1. The predicted octanol–water partition coefficient (Wildman–Crippen LogP) is 5.98. The van der Waals surface area contributed by atoms with Crippen LogP contribution in [0.15, 0.2) is 54.6 Å². The van der Waals surface area contributed by atoms with E-state index in [1.54, 1.807) is 36.4 Å². The van der Waals surface area contributed by atoms with Gasteiger partial charge in [-0.3, -0.25) is 14.4 Å². The van der Waals surface area contributed by atoms with E-state index in [1.165, 1.54) is 0 Å². The van der Waals surface area contributed by atoms with Gasteiger partial charge in [-0.1, -0.05) is 37.5 Å². The zero-order chi connectivity index (χ0) is 30.6. The Morgan fingerprint density at radius 1 is 0.860 bits per heavy atom. The summed E-state index contributed by atoms with van der Waals surface area (Å²) in [5.74, 6) is -0.201.